The van der Waals surface area contributed by atoms with E-state index in [1.54, 1.807) is 24.3 Å². The molecule has 0 atom stereocenters. The smallest absolute Gasteiger partial charge is 0.335 e. The minimum Gasteiger partial charge on any atom is -0.478 e. The zero-order valence-corrected chi connectivity index (χ0v) is 17.1. The number of carboxylic acid groups (broad SMARTS) is 1. The standard InChI is InChI=1S/C22H20ClNO4S/c23-20-10-12-21(13-11-20)29(27,28)24(15-14-17-4-2-1-3-5-17)16-18-6-8-19(9-7-18)22(25)26/h1-13H,14-16H2,(H,25,26). The first-order valence-electron chi connectivity index (χ1n) is 8.98. The largest absolute Gasteiger partial charge is 0.478 e. The molecule has 0 bridgehead atoms. The van der Waals surface area contributed by atoms with Gasteiger partial charge in [0.1, 0.15) is 0 Å². The highest BCUT2D eigenvalue weighted by molar-refractivity contribution is 7.89. The molecule has 3 aromatic carbocycles. The number of halogens is 1. The summed E-state index contributed by atoms with van der Waals surface area (Å²) >= 11 is 5.90. The Kier molecular flexibility index (Phi) is 6.69. The first-order valence-corrected chi connectivity index (χ1v) is 10.8. The summed E-state index contributed by atoms with van der Waals surface area (Å²) in [6.07, 6.45) is 0.556. The Morgan fingerprint density at radius 3 is 2.07 bits per heavy atom. The van der Waals surface area contributed by atoms with Gasteiger partial charge in [0.15, 0.2) is 0 Å². The Bertz CT molecular complexity index is 1070. The summed E-state index contributed by atoms with van der Waals surface area (Å²) < 4.78 is 27.9. The molecule has 0 fully saturated rings. The van der Waals surface area contributed by atoms with Crippen molar-refractivity contribution in [3.63, 3.8) is 0 Å². The van der Waals surface area contributed by atoms with Crippen LogP contribution in [0.3, 0.4) is 0 Å². The van der Waals surface area contributed by atoms with E-state index in [1.165, 1.54) is 28.6 Å². The van der Waals surface area contributed by atoms with Crippen molar-refractivity contribution in [3.8, 4) is 0 Å². The van der Waals surface area contributed by atoms with Crippen LogP contribution in [0.25, 0.3) is 0 Å². The van der Waals surface area contributed by atoms with Crippen molar-refractivity contribution in [1.29, 1.82) is 0 Å². The monoisotopic (exact) mass is 429 g/mol. The van der Waals surface area contributed by atoms with Crippen molar-refractivity contribution in [2.24, 2.45) is 0 Å². The Balaban J connectivity index is 1.87. The average Bonchev–Trinajstić information content (AvgIpc) is 2.72. The Morgan fingerprint density at radius 2 is 1.48 bits per heavy atom. The van der Waals surface area contributed by atoms with Gasteiger partial charge in [-0.2, -0.15) is 4.31 Å². The summed E-state index contributed by atoms with van der Waals surface area (Å²) in [6, 6.07) is 21.9. The normalized spacial score (nSPS) is 11.5. The first kappa shape index (κ1) is 21.0. The summed E-state index contributed by atoms with van der Waals surface area (Å²) in [4.78, 5) is 11.2. The van der Waals surface area contributed by atoms with Gasteiger partial charge in [0.2, 0.25) is 10.0 Å². The Labute approximate surface area is 175 Å². The fourth-order valence-electron chi connectivity index (χ4n) is 2.89. The number of aromatic carboxylic acids is 1. The van der Waals surface area contributed by atoms with Crippen LogP contribution in [0.1, 0.15) is 21.5 Å². The van der Waals surface area contributed by atoms with Crippen LogP contribution in [0.4, 0.5) is 0 Å². The summed E-state index contributed by atoms with van der Waals surface area (Å²) in [5, 5.41) is 9.51. The minimum absolute atomic E-state index is 0.137. The predicted molar refractivity (Wildman–Crippen MR) is 113 cm³/mol. The van der Waals surface area contributed by atoms with Crippen molar-refractivity contribution in [1.82, 2.24) is 4.31 Å². The molecule has 0 saturated carbocycles. The number of carboxylic acids is 1. The summed E-state index contributed by atoms with van der Waals surface area (Å²) in [6.45, 7) is 0.424. The SMILES string of the molecule is O=C(O)c1ccc(CN(CCc2ccccc2)S(=O)(=O)c2ccc(Cl)cc2)cc1. The average molecular weight is 430 g/mol. The van der Waals surface area contributed by atoms with Crippen LogP contribution in [-0.4, -0.2) is 30.3 Å². The van der Waals surface area contributed by atoms with Crippen LogP contribution in [0, 0.1) is 0 Å². The quantitative estimate of drug-likeness (QED) is 0.573. The highest BCUT2D eigenvalue weighted by Gasteiger charge is 2.24. The van der Waals surface area contributed by atoms with E-state index >= 15 is 0 Å². The zero-order chi connectivity index (χ0) is 20.9. The maximum atomic E-state index is 13.2. The van der Waals surface area contributed by atoms with Crippen LogP contribution in [-0.2, 0) is 23.0 Å². The molecule has 0 aliphatic carbocycles. The molecule has 0 spiro atoms. The highest BCUT2D eigenvalue weighted by Crippen LogP contribution is 2.21. The summed E-state index contributed by atoms with van der Waals surface area (Å²) in [5.74, 6) is -1.02. The number of sulfonamides is 1. The number of hydrogen-bond donors (Lipinski definition) is 1. The molecule has 0 radical (unpaired) electrons. The third kappa shape index (κ3) is 5.44. The van der Waals surface area contributed by atoms with Crippen LogP contribution < -0.4 is 0 Å². The van der Waals surface area contributed by atoms with Crippen molar-refractivity contribution in [3.05, 3.63) is 101 Å². The molecular formula is C22H20ClNO4S. The van der Waals surface area contributed by atoms with Gasteiger partial charge in [-0.15, -0.1) is 0 Å². The van der Waals surface area contributed by atoms with Crippen molar-refractivity contribution in [2.75, 3.05) is 6.54 Å². The van der Waals surface area contributed by atoms with Crippen LogP contribution >= 0.6 is 11.6 Å². The van der Waals surface area contributed by atoms with Gasteiger partial charge in [-0.25, -0.2) is 13.2 Å². The van der Waals surface area contributed by atoms with Crippen LogP contribution in [0.2, 0.25) is 5.02 Å². The third-order valence-electron chi connectivity index (χ3n) is 4.50. The molecule has 0 aromatic heterocycles. The van der Waals surface area contributed by atoms with E-state index in [1.807, 2.05) is 30.3 Å². The molecule has 3 aromatic rings. The maximum Gasteiger partial charge on any atom is 0.335 e. The molecule has 0 unspecified atom stereocenters. The lowest BCUT2D eigenvalue weighted by Gasteiger charge is -2.22. The number of benzene rings is 3. The van der Waals surface area contributed by atoms with Gasteiger partial charge in [0.25, 0.3) is 0 Å². The molecule has 1 N–H and O–H groups in total. The lowest BCUT2D eigenvalue weighted by molar-refractivity contribution is 0.0697. The second-order valence-electron chi connectivity index (χ2n) is 6.53. The Hall–Kier alpha value is -2.67. The number of rotatable bonds is 8. The van der Waals surface area contributed by atoms with Crippen molar-refractivity contribution < 1.29 is 18.3 Å². The topological polar surface area (TPSA) is 74.7 Å². The molecule has 0 aliphatic heterocycles. The van der Waals surface area contributed by atoms with E-state index in [4.69, 9.17) is 16.7 Å². The number of nitrogens with zero attached hydrogens (tertiary/aromatic N) is 1. The first-order chi connectivity index (χ1) is 13.9. The van der Waals surface area contributed by atoms with Crippen LogP contribution in [0.15, 0.2) is 83.8 Å². The Morgan fingerprint density at radius 1 is 0.862 bits per heavy atom. The minimum atomic E-state index is -3.75. The van der Waals surface area contributed by atoms with Gasteiger partial charge < -0.3 is 5.11 Å². The zero-order valence-electron chi connectivity index (χ0n) is 15.5. The molecule has 29 heavy (non-hydrogen) atoms. The van der Waals surface area contributed by atoms with E-state index in [9.17, 15) is 13.2 Å². The number of carbonyl (C=O) groups is 1. The second-order valence-corrected chi connectivity index (χ2v) is 8.90. The van der Waals surface area contributed by atoms with Gasteiger partial charge in [0.05, 0.1) is 10.5 Å². The molecule has 0 saturated heterocycles. The maximum absolute atomic E-state index is 13.2. The van der Waals surface area contributed by atoms with Crippen LogP contribution in [0.5, 0.6) is 0 Å². The summed E-state index contributed by atoms with van der Waals surface area (Å²) in [5.41, 5.74) is 1.90. The van der Waals surface area contributed by atoms with E-state index in [0.717, 1.165) is 5.56 Å². The molecule has 3 rings (SSSR count). The highest BCUT2D eigenvalue weighted by atomic mass is 35.5. The van der Waals surface area contributed by atoms with Gasteiger partial charge in [-0.3, -0.25) is 0 Å². The molecule has 0 amide bonds. The van der Waals surface area contributed by atoms with Gasteiger partial charge in [-0.1, -0.05) is 54.1 Å². The van der Waals surface area contributed by atoms with Gasteiger partial charge >= 0.3 is 5.97 Å². The number of hydrogen-bond acceptors (Lipinski definition) is 3. The second kappa shape index (κ2) is 9.22. The fraction of sp³-hybridized carbons (Fsp3) is 0.136. The molecular weight excluding hydrogens is 410 g/mol. The lowest BCUT2D eigenvalue weighted by Crippen LogP contribution is -2.32. The molecule has 5 nitrogen and oxygen atoms in total. The van der Waals surface area contributed by atoms with Gasteiger partial charge in [-0.05, 0) is 53.9 Å². The lowest BCUT2D eigenvalue weighted by atomic mass is 10.1. The van der Waals surface area contributed by atoms with E-state index in [-0.39, 0.29) is 23.5 Å². The summed E-state index contributed by atoms with van der Waals surface area (Å²) in [7, 11) is -3.75. The fourth-order valence-corrected chi connectivity index (χ4v) is 4.45. The van der Waals surface area contributed by atoms with E-state index < -0.39 is 16.0 Å². The molecule has 0 heterocycles. The molecule has 0 aliphatic rings. The predicted octanol–water partition coefficient (Wildman–Crippen LogP) is 4.47. The van der Waals surface area contributed by atoms with Crippen molar-refractivity contribution >= 4 is 27.6 Å². The third-order valence-corrected chi connectivity index (χ3v) is 6.62. The molecule has 7 heteroatoms. The molecule has 150 valence electrons. The van der Waals surface area contributed by atoms with E-state index in [0.29, 0.717) is 17.0 Å². The van der Waals surface area contributed by atoms with E-state index in [2.05, 4.69) is 0 Å². The van der Waals surface area contributed by atoms with Crippen molar-refractivity contribution in [2.45, 2.75) is 17.9 Å². The van der Waals surface area contributed by atoms with Gasteiger partial charge in [0, 0.05) is 18.1 Å².